The lowest BCUT2D eigenvalue weighted by Gasteiger charge is -2.17. The number of carbonyl (C=O) groups excluding carboxylic acids is 3. The molecule has 1 heterocycles. The van der Waals surface area contributed by atoms with E-state index in [0.717, 1.165) is 18.5 Å². The van der Waals surface area contributed by atoms with Crippen molar-refractivity contribution in [3.63, 3.8) is 0 Å². The van der Waals surface area contributed by atoms with E-state index in [1.807, 2.05) is 24.3 Å². The number of nitrogens with one attached hydrogen (secondary N) is 1. The summed E-state index contributed by atoms with van der Waals surface area (Å²) in [6, 6.07) is 14.3. The first-order valence-electron chi connectivity index (χ1n) is 9.08. The fraction of sp³-hybridized carbons (Fsp3) is 0.286. The molecule has 6 heteroatoms. The van der Waals surface area contributed by atoms with Crippen LogP contribution in [0.3, 0.4) is 0 Å². The molecule has 0 spiro atoms. The summed E-state index contributed by atoms with van der Waals surface area (Å²) in [6.07, 6.45) is 2.26. The molecule has 3 rings (SSSR count). The summed E-state index contributed by atoms with van der Waals surface area (Å²) >= 11 is 0. The molecule has 1 fully saturated rings. The van der Waals surface area contributed by atoms with E-state index in [-0.39, 0.29) is 18.2 Å². The van der Waals surface area contributed by atoms with E-state index >= 15 is 0 Å². The summed E-state index contributed by atoms with van der Waals surface area (Å²) in [6.45, 7) is 2.49. The molecule has 1 aliphatic rings. The maximum atomic E-state index is 12.5. The second-order valence-electron chi connectivity index (χ2n) is 6.75. The van der Waals surface area contributed by atoms with Gasteiger partial charge in [-0.05, 0) is 48.4 Å². The normalized spacial score (nSPS) is 16.4. The summed E-state index contributed by atoms with van der Waals surface area (Å²) in [5, 5.41) is 2.80. The van der Waals surface area contributed by atoms with Gasteiger partial charge < -0.3 is 16.0 Å². The second kappa shape index (κ2) is 8.03. The molecule has 0 aromatic heterocycles. The lowest BCUT2D eigenvalue weighted by atomic mass is 10.1. The van der Waals surface area contributed by atoms with Crippen molar-refractivity contribution in [1.29, 1.82) is 0 Å². The quantitative estimate of drug-likeness (QED) is 0.824. The Balaban J connectivity index is 1.63. The van der Waals surface area contributed by atoms with Crippen molar-refractivity contribution in [2.24, 2.45) is 11.7 Å². The van der Waals surface area contributed by atoms with Crippen LogP contribution in [0.2, 0.25) is 0 Å². The molecule has 27 heavy (non-hydrogen) atoms. The predicted molar refractivity (Wildman–Crippen MR) is 104 cm³/mol. The standard InChI is InChI=1S/C21H23N3O3/c1-2-3-14-4-10-18(11-5-14)24-13-16(12-19(24)25)21(27)23-17-8-6-15(7-9-17)20(22)26/h4-11,16H,2-3,12-13H2,1H3,(H2,22,26)(H,23,27). The third kappa shape index (κ3) is 4.34. The molecule has 2 aromatic carbocycles. The van der Waals surface area contributed by atoms with E-state index in [1.54, 1.807) is 29.2 Å². The molecule has 1 saturated heterocycles. The highest BCUT2D eigenvalue weighted by molar-refractivity contribution is 6.03. The molecular weight excluding hydrogens is 342 g/mol. The van der Waals surface area contributed by atoms with Crippen LogP contribution in [-0.4, -0.2) is 24.3 Å². The van der Waals surface area contributed by atoms with Gasteiger partial charge in [0.2, 0.25) is 17.7 Å². The van der Waals surface area contributed by atoms with Gasteiger partial charge in [-0.15, -0.1) is 0 Å². The van der Waals surface area contributed by atoms with Gasteiger partial charge in [0, 0.05) is 29.9 Å². The molecule has 1 aliphatic heterocycles. The molecule has 140 valence electrons. The maximum absolute atomic E-state index is 12.5. The number of primary amides is 1. The Morgan fingerprint density at radius 3 is 2.37 bits per heavy atom. The number of anilines is 2. The largest absolute Gasteiger partial charge is 0.366 e. The first kappa shape index (κ1) is 18.6. The zero-order valence-electron chi connectivity index (χ0n) is 15.3. The van der Waals surface area contributed by atoms with Crippen molar-refractivity contribution < 1.29 is 14.4 Å². The van der Waals surface area contributed by atoms with Crippen LogP contribution in [-0.2, 0) is 16.0 Å². The van der Waals surface area contributed by atoms with Gasteiger partial charge in [0.15, 0.2) is 0 Å². The van der Waals surface area contributed by atoms with Gasteiger partial charge in [-0.1, -0.05) is 25.5 Å². The summed E-state index contributed by atoms with van der Waals surface area (Å²) < 4.78 is 0. The third-order valence-electron chi connectivity index (χ3n) is 4.72. The van der Waals surface area contributed by atoms with Gasteiger partial charge in [0.05, 0.1) is 5.92 Å². The molecule has 2 aromatic rings. The minimum absolute atomic E-state index is 0.0533. The number of benzene rings is 2. The average molecular weight is 365 g/mol. The first-order valence-corrected chi connectivity index (χ1v) is 9.08. The highest BCUT2D eigenvalue weighted by Gasteiger charge is 2.35. The van der Waals surface area contributed by atoms with E-state index in [4.69, 9.17) is 5.73 Å². The number of hydrogen-bond donors (Lipinski definition) is 2. The van der Waals surface area contributed by atoms with Gasteiger partial charge in [-0.3, -0.25) is 14.4 Å². The van der Waals surface area contributed by atoms with E-state index in [1.165, 1.54) is 5.56 Å². The van der Waals surface area contributed by atoms with E-state index in [2.05, 4.69) is 12.2 Å². The highest BCUT2D eigenvalue weighted by atomic mass is 16.2. The van der Waals surface area contributed by atoms with Crippen LogP contribution in [0.1, 0.15) is 35.7 Å². The van der Waals surface area contributed by atoms with Gasteiger partial charge in [-0.2, -0.15) is 0 Å². The summed E-state index contributed by atoms with van der Waals surface area (Å²) in [4.78, 5) is 37.6. The van der Waals surface area contributed by atoms with Crippen molar-refractivity contribution in [2.45, 2.75) is 26.2 Å². The molecular formula is C21H23N3O3. The van der Waals surface area contributed by atoms with Crippen molar-refractivity contribution in [3.05, 3.63) is 59.7 Å². The summed E-state index contributed by atoms with van der Waals surface area (Å²) in [5.41, 5.74) is 8.21. The highest BCUT2D eigenvalue weighted by Crippen LogP contribution is 2.26. The molecule has 6 nitrogen and oxygen atoms in total. The van der Waals surface area contributed by atoms with Crippen LogP contribution in [0, 0.1) is 5.92 Å². The number of nitrogens with zero attached hydrogens (tertiary/aromatic N) is 1. The molecule has 1 unspecified atom stereocenters. The summed E-state index contributed by atoms with van der Waals surface area (Å²) in [7, 11) is 0. The Bertz CT molecular complexity index is 844. The van der Waals surface area contributed by atoms with E-state index in [9.17, 15) is 14.4 Å². The third-order valence-corrected chi connectivity index (χ3v) is 4.72. The Labute approximate surface area is 158 Å². The van der Waals surface area contributed by atoms with Crippen molar-refractivity contribution in [2.75, 3.05) is 16.8 Å². The Morgan fingerprint density at radius 1 is 1.11 bits per heavy atom. The molecule has 0 bridgehead atoms. The van der Waals surface area contributed by atoms with Crippen LogP contribution in [0.25, 0.3) is 0 Å². The van der Waals surface area contributed by atoms with Crippen molar-refractivity contribution >= 4 is 29.1 Å². The Morgan fingerprint density at radius 2 is 1.78 bits per heavy atom. The van der Waals surface area contributed by atoms with Crippen LogP contribution in [0.15, 0.2) is 48.5 Å². The van der Waals surface area contributed by atoms with Gasteiger partial charge in [0.1, 0.15) is 0 Å². The van der Waals surface area contributed by atoms with E-state index < -0.39 is 11.8 Å². The molecule has 3 amide bonds. The van der Waals surface area contributed by atoms with Gasteiger partial charge >= 0.3 is 0 Å². The van der Waals surface area contributed by atoms with Crippen LogP contribution >= 0.6 is 0 Å². The number of hydrogen-bond acceptors (Lipinski definition) is 3. The fourth-order valence-electron chi connectivity index (χ4n) is 3.23. The molecule has 1 atom stereocenters. The maximum Gasteiger partial charge on any atom is 0.248 e. The molecule has 0 aliphatic carbocycles. The van der Waals surface area contributed by atoms with E-state index in [0.29, 0.717) is 17.8 Å². The SMILES string of the molecule is CCCc1ccc(N2CC(C(=O)Nc3ccc(C(N)=O)cc3)CC2=O)cc1. The number of carbonyl (C=O) groups is 3. The van der Waals surface area contributed by atoms with Crippen LogP contribution in [0.4, 0.5) is 11.4 Å². The van der Waals surface area contributed by atoms with Crippen LogP contribution in [0.5, 0.6) is 0 Å². The predicted octanol–water partition coefficient (Wildman–Crippen LogP) is 2.73. The second-order valence-corrected chi connectivity index (χ2v) is 6.75. The first-order chi connectivity index (χ1) is 13.0. The molecule has 0 radical (unpaired) electrons. The number of aryl methyl sites for hydroxylation is 1. The average Bonchev–Trinajstić information content (AvgIpc) is 3.05. The lowest BCUT2D eigenvalue weighted by molar-refractivity contribution is -0.122. The molecule has 3 N–H and O–H groups in total. The minimum atomic E-state index is -0.519. The van der Waals surface area contributed by atoms with Gasteiger partial charge in [0.25, 0.3) is 0 Å². The Hall–Kier alpha value is -3.15. The number of nitrogens with two attached hydrogens (primary N) is 1. The van der Waals surface area contributed by atoms with Crippen LogP contribution < -0.4 is 16.0 Å². The van der Waals surface area contributed by atoms with Crippen molar-refractivity contribution in [3.8, 4) is 0 Å². The fourth-order valence-corrected chi connectivity index (χ4v) is 3.23. The minimum Gasteiger partial charge on any atom is -0.366 e. The zero-order chi connectivity index (χ0) is 19.4. The monoisotopic (exact) mass is 365 g/mol. The topological polar surface area (TPSA) is 92.5 Å². The summed E-state index contributed by atoms with van der Waals surface area (Å²) in [5.74, 6) is -1.19. The number of amides is 3. The zero-order valence-corrected chi connectivity index (χ0v) is 15.3. The Kier molecular flexibility index (Phi) is 5.54. The lowest BCUT2D eigenvalue weighted by Crippen LogP contribution is -2.28. The van der Waals surface area contributed by atoms with Crippen molar-refractivity contribution in [1.82, 2.24) is 0 Å². The number of rotatable bonds is 6. The smallest absolute Gasteiger partial charge is 0.248 e. The van der Waals surface area contributed by atoms with Gasteiger partial charge in [-0.25, -0.2) is 0 Å². The molecule has 0 saturated carbocycles.